The van der Waals surface area contributed by atoms with E-state index in [1.165, 1.54) is 5.56 Å². The molecule has 0 fully saturated rings. The van der Waals surface area contributed by atoms with Gasteiger partial charge in [-0.2, -0.15) is 0 Å². The van der Waals surface area contributed by atoms with Crippen LogP contribution >= 0.6 is 15.9 Å². The summed E-state index contributed by atoms with van der Waals surface area (Å²) >= 11 is 3.50. The molecule has 0 aliphatic carbocycles. The van der Waals surface area contributed by atoms with E-state index in [0.717, 1.165) is 33.6 Å². The van der Waals surface area contributed by atoms with Crippen LogP contribution in [0.2, 0.25) is 0 Å². The van der Waals surface area contributed by atoms with E-state index in [0.29, 0.717) is 12.8 Å². The summed E-state index contributed by atoms with van der Waals surface area (Å²) in [4.78, 5) is 14.8. The van der Waals surface area contributed by atoms with Gasteiger partial charge in [-0.1, -0.05) is 22.0 Å². The van der Waals surface area contributed by atoms with Gasteiger partial charge < -0.3 is 14.4 Å². The molecule has 0 bridgehead atoms. The first kappa shape index (κ1) is 17.8. The maximum Gasteiger partial charge on any atom is 0.227 e. The zero-order valence-electron chi connectivity index (χ0n) is 14.7. The van der Waals surface area contributed by atoms with Crippen molar-refractivity contribution in [3.05, 3.63) is 52.0 Å². The Bertz CT molecular complexity index is 768. The van der Waals surface area contributed by atoms with E-state index >= 15 is 0 Å². The van der Waals surface area contributed by atoms with Crippen molar-refractivity contribution in [2.45, 2.75) is 32.2 Å². The topological polar surface area (TPSA) is 38.8 Å². The van der Waals surface area contributed by atoms with E-state index in [9.17, 15) is 4.79 Å². The van der Waals surface area contributed by atoms with Gasteiger partial charge >= 0.3 is 0 Å². The fraction of sp³-hybridized carbons (Fsp3) is 0.350. The molecule has 25 heavy (non-hydrogen) atoms. The molecule has 0 radical (unpaired) electrons. The van der Waals surface area contributed by atoms with Crippen molar-refractivity contribution in [1.29, 1.82) is 0 Å². The van der Waals surface area contributed by atoms with Gasteiger partial charge in [-0.15, -0.1) is 0 Å². The molecule has 0 aromatic heterocycles. The Balaban J connectivity index is 1.79. The minimum Gasteiger partial charge on any atom is -0.496 e. The maximum atomic E-state index is 12.9. The van der Waals surface area contributed by atoms with Crippen molar-refractivity contribution in [2.24, 2.45) is 0 Å². The minimum atomic E-state index is 0.126. The molecule has 4 nitrogen and oxygen atoms in total. The Morgan fingerprint density at radius 2 is 1.88 bits per heavy atom. The summed E-state index contributed by atoms with van der Waals surface area (Å²) in [5.74, 6) is 1.64. The monoisotopic (exact) mass is 403 g/mol. The summed E-state index contributed by atoms with van der Waals surface area (Å²) in [6.45, 7) is 2.09. The first-order chi connectivity index (χ1) is 12.0. The van der Waals surface area contributed by atoms with Gasteiger partial charge in [-0.25, -0.2) is 0 Å². The number of hydrogen-bond donors (Lipinski definition) is 0. The van der Waals surface area contributed by atoms with Crippen LogP contribution in [0.1, 0.15) is 24.5 Å². The van der Waals surface area contributed by atoms with Crippen LogP contribution in [0.15, 0.2) is 40.9 Å². The van der Waals surface area contributed by atoms with E-state index in [-0.39, 0.29) is 11.9 Å². The molecule has 0 unspecified atom stereocenters. The van der Waals surface area contributed by atoms with E-state index in [4.69, 9.17) is 9.47 Å². The molecule has 1 heterocycles. The number of amides is 1. The first-order valence-electron chi connectivity index (χ1n) is 8.35. The molecule has 0 spiro atoms. The molecule has 0 saturated heterocycles. The van der Waals surface area contributed by atoms with Crippen LogP contribution in [0.5, 0.6) is 11.5 Å². The van der Waals surface area contributed by atoms with Crippen molar-refractivity contribution in [3.8, 4) is 11.5 Å². The summed E-state index contributed by atoms with van der Waals surface area (Å²) in [5.41, 5.74) is 3.17. The number of carbonyl (C=O) groups is 1. The van der Waals surface area contributed by atoms with Crippen molar-refractivity contribution < 1.29 is 14.3 Å². The Labute approximate surface area is 156 Å². The highest BCUT2D eigenvalue weighted by molar-refractivity contribution is 9.10. The van der Waals surface area contributed by atoms with Crippen LogP contribution in [-0.2, 0) is 17.6 Å². The van der Waals surface area contributed by atoms with Gasteiger partial charge in [-0.05, 0) is 55.7 Å². The predicted octanol–water partition coefficient (Wildman–Crippen LogP) is 4.38. The van der Waals surface area contributed by atoms with Gasteiger partial charge in [0.25, 0.3) is 0 Å². The molecule has 1 aliphatic rings. The van der Waals surface area contributed by atoms with Gasteiger partial charge in [0.2, 0.25) is 5.91 Å². The number of nitrogens with zero attached hydrogens (tertiary/aromatic N) is 1. The standard InChI is InChI=1S/C20H22BrNO3/c1-13-11-14-12-15(21)7-9-17(14)22(13)20(23)10-8-16-18(24-2)5-4-6-19(16)25-3/h4-7,9,12-13H,8,10-11H2,1-3H3/t13-/m0/s1. The highest BCUT2D eigenvalue weighted by atomic mass is 79.9. The molecular weight excluding hydrogens is 382 g/mol. The molecule has 5 heteroatoms. The van der Waals surface area contributed by atoms with Gasteiger partial charge in [0.15, 0.2) is 0 Å². The summed E-state index contributed by atoms with van der Waals surface area (Å²) < 4.78 is 11.9. The Morgan fingerprint density at radius 1 is 1.20 bits per heavy atom. The molecule has 1 atom stereocenters. The van der Waals surface area contributed by atoms with Crippen LogP contribution in [0.25, 0.3) is 0 Å². The lowest BCUT2D eigenvalue weighted by Crippen LogP contribution is -2.35. The number of hydrogen-bond acceptors (Lipinski definition) is 3. The normalized spacial score (nSPS) is 15.8. The molecule has 1 aliphatic heterocycles. The second-order valence-electron chi connectivity index (χ2n) is 6.23. The van der Waals surface area contributed by atoms with Crippen molar-refractivity contribution in [1.82, 2.24) is 0 Å². The number of ether oxygens (including phenoxy) is 2. The fourth-order valence-electron chi connectivity index (χ4n) is 3.51. The fourth-order valence-corrected chi connectivity index (χ4v) is 3.92. The van der Waals surface area contributed by atoms with E-state index < -0.39 is 0 Å². The zero-order valence-corrected chi connectivity index (χ0v) is 16.3. The SMILES string of the molecule is COc1cccc(OC)c1CCC(=O)N1c2ccc(Br)cc2C[C@@H]1C. The molecule has 2 aromatic rings. The number of benzene rings is 2. The van der Waals surface area contributed by atoms with Crippen LogP contribution in [0.3, 0.4) is 0 Å². The third kappa shape index (κ3) is 3.52. The van der Waals surface area contributed by atoms with Crippen LogP contribution in [0, 0.1) is 0 Å². The molecule has 1 amide bonds. The minimum absolute atomic E-state index is 0.126. The molecule has 3 rings (SSSR count). The van der Waals surface area contributed by atoms with E-state index in [1.54, 1.807) is 14.2 Å². The quantitative estimate of drug-likeness (QED) is 0.743. The summed E-state index contributed by atoms with van der Waals surface area (Å²) in [7, 11) is 3.27. The number of halogens is 1. The number of carbonyl (C=O) groups excluding carboxylic acids is 1. The van der Waals surface area contributed by atoms with Gasteiger partial charge in [0.1, 0.15) is 11.5 Å². The Hall–Kier alpha value is -2.01. The van der Waals surface area contributed by atoms with Crippen molar-refractivity contribution >= 4 is 27.5 Å². The number of methoxy groups -OCH3 is 2. The molecule has 132 valence electrons. The zero-order chi connectivity index (χ0) is 18.0. The molecule has 0 saturated carbocycles. The van der Waals surface area contributed by atoms with Gasteiger partial charge in [0, 0.05) is 28.2 Å². The van der Waals surface area contributed by atoms with Crippen molar-refractivity contribution in [2.75, 3.05) is 19.1 Å². The second kappa shape index (κ2) is 7.48. The first-order valence-corrected chi connectivity index (χ1v) is 9.14. The van der Waals surface area contributed by atoms with Gasteiger partial charge in [-0.3, -0.25) is 4.79 Å². The average Bonchev–Trinajstić information content (AvgIpc) is 2.94. The Morgan fingerprint density at radius 3 is 2.52 bits per heavy atom. The average molecular weight is 404 g/mol. The lowest BCUT2D eigenvalue weighted by molar-refractivity contribution is -0.118. The van der Waals surface area contributed by atoms with Crippen LogP contribution < -0.4 is 14.4 Å². The number of rotatable bonds is 5. The smallest absolute Gasteiger partial charge is 0.227 e. The second-order valence-corrected chi connectivity index (χ2v) is 7.15. The number of anilines is 1. The summed E-state index contributed by atoms with van der Waals surface area (Å²) in [5, 5.41) is 0. The lowest BCUT2D eigenvalue weighted by Gasteiger charge is -2.23. The third-order valence-electron chi connectivity index (χ3n) is 4.64. The summed E-state index contributed by atoms with van der Waals surface area (Å²) in [6.07, 6.45) is 1.89. The third-order valence-corrected chi connectivity index (χ3v) is 5.14. The van der Waals surface area contributed by atoms with Crippen LogP contribution in [-0.4, -0.2) is 26.2 Å². The van der Waals surface area contributed by atoms with Gasteiger partial charge in [0.05, 0.1) is 14.2 Å². The largest absolute Gasteiger partial charge is 0.496 e. The summed E-state index contributed by atoms with van der Waals surface area (Å²) in [6, 6.07) is 12.0. The van der Waals surface area contributed by atoms with Crippen LogP contribution in [0.4, 0.5) is 5.69 Å². The molecule has 0 N–H and O–H groups in total. The Kier molecular flexibility index (Phi) is 5.33. The van der Waals surface area contributed by atoms with E-state index in [1.807, 2.05) is 35.2 Å². The van der Waals surface area contributed by atoms with Crippen molar-refractivity contribution in [3.63, 3.8) is 0 Å². The molecule has 2 aromatic carbocycles. The van der Waals surface area contributed by atoms with E-state index in [2.05, 4.69) is 28.9 Å². The maximum absolute atomic E-state index is 12.9. The predicted molar refractivity (Wildman–Crippen MR) is 103 cm³/mol. The molecular formula is C20H22BrNO3. The lowest BCUT2D eigenvalue weighted by atomic mass is 10.1. The highest BCUT2D eigenvalue weighted by Crippen LogP contribution is 2.35. The highest BCUT2D eigenvalue weighted by Gasteiger charge is 2.30. The number of fused-ring (bicyclic) bond motifs is 1.